The van der Waals surface area contributed by atoms with Crippen LogP contribution >= 0.6 is 0 Å². The molecule has 1 heterocycles. The lowest BCUT2D eigenvalue weighted by Crippen LogP contribution is -2.42. The van der Waals surface area contributed by atoms with Gasteiger partial charge in [-0.1, -0.05) is 12.5 Å². The Bertz CT molecular complexity index is 484. The lowest BCUT2D eigenvalue weighted by molar-refractivity contribution is 0.0559. The van der Waals surface area contributed by atoms with Crippen molar-refractivity contribution < 1.29 is 10.2 Å². The Kier molecular flexibility index (Phi) is 6.01. The number of nitrogens with zero attached hydrogens (tertiary/aromatic N) is 1. The SMILES string of the molecule is Cc1cc(C)c(C)c(C(O)CN2CCCCC2CCO)c1C. The standard InChI is InChI=1S/C19H31NO2/c1-13-11-14(2)16(4)19(15(13)3)18(22)12-20-9-6-5-7-17(20)8-10-21/h11,17-18,21-22H,5-10,12H2,1-4H3. The largest absolute Gasteiger partial charge is 0.396 e. The first kappa shape index (κ1) is 17.5. The molecule has 0 aromatic heterocycles. The number of aryl methyl sites for hydroxylation is 2. The molecular weight excluding hydrogens is 274 g/mol. The summed E-state index contributed by atoms with van der Waals surface area (Å²) in [5, 5.41) is 20.1. The van der Waals surface area contributed by atoms with Crippen molar-refractivity contribution in [1.29, 1.82) is 0 Å². The molecule has 2 atom stereocenters. The summed E-state index contributed by atoms with van der Waals surface area (Å²) < 4.78 is 0. The molecule has 2 rings (SSSR count). The molecule has 22 heavy (non-hydrogen) atoms. The van der Waals surface area contributed by atoms with E-state index >= 15 is 0 Å². The van der Waals surface area contributed by atoms with E-state index in [4.69, 9.17) is 0 Å². The zero-order valence-electron chi connectivity index (χ0n) is 14.5. The normalized spacial score (nSPS) is 21.1. The Hall–Kier alpha value is -0.900. The first-order chi connectivity index (χ1) is 10.5. The second-order valence-electron chi connectivity index (χ2n) is 6.85. The maximum absolute atomic E-state index is 10.9. The molecule has 0 spiro atoms. The van der Waals surface area contributed by atoms with Crippen molar-refractivity contribution in [3.63, 3.8) is 0 Å². The highest BCUT2D eigenvalue weighted by molar-refractivity contribution is 5.45. The zero-order chi connectivity index (χ0) is 16.3. The summed E-state index contributed by atoms with van der Waals surface area (Å²) in [4.78, 5) is 2.38. The van der Waals surface area contributed by atoms with Crippen molar-refractivity contribution in [2.24, 2.45) is 0 Å². The molecule has 2 N–H and O–H groups in total. The first-order valence-electron chi connectivity index (χ1n) is 8.56. The molecule has 1 fully saturated rings. The van der Waals surface area contributed by atoms with E-state index in [1.165, 1.54) is 35.1 Å². The average molecular weight is 305 g/mol. The molecule has 1 aliphatic heterocycles. The van der Waals surface area contributed by atoms with Crippen LogP contribution in [0.5, 0.6) is 0 Å². The Morgan fingerprint density at radius 1 is 1.14 bits per heavy atom. The molecule has 124 valence electrons. The third-order valence-electron chi connectivity index (χ3n) is 5.38. The number of aliphatic hydroxyl groups excluding tert-OH is 2. The fourth-order valence-corrected chi connectivity index (χ4v) is 3.84. The zero-order valence-corrected chi connectivity index (χ0v) is 14.5. The van der Waals surface area contributed by atoms with Crippen LogP contribution in [0.2, 0.25) is 0 Å². The van der Waals surface area contributed by atoms with Gasteiger partial charge in [0.25, 0.3) is 0 Å². The average Bonchev–Trinajstić information content (AvgIpc) is 2.48. The van der Waals surface area contributed by atoms with Crippen molar-refractivity contribution in [3.05, 3.63) is 33.9 Å². The van der Waals surface area contributed by atoms with Crippen LogP contribution < -0.4 is 0 Å². The summed E-state index contributed by atoms with van der Waals surface area (Å²) in [7, 11) is 0. The number of likely N-dealkylation sites (tertiary alicyclic amines) is 1. The van der Waals surface area contributed by atoms with Gasteiger partial charge in [0.05, 0.1) is 6.10 Å². The maximum atomic E-state index is 10.9. The molecule has 0 saturated carbocycles. The third kappa shape index (κ3) is 3.70. The minimum absolute atomic E-state index is 0.235. The van der Waals surface area contributed by atoms with E-state index in [2.05, 4.69) is 38.7 Å². The molecule has 0 amide bonds. The van der Waals surface area contributed by atoms with Gasteiger partial charge in [0.1, 0.15) is 0 Å². The Morgan fingerprint density at radius 3 is 2.36 bits per heavy atom. The summed E-state index contributed by atoms with van der Waals surface area (Å²) in [6.45, 7) is 10.4. The first-order valence-corrected chi connectivity index (χ1v) is 8.56. The van der Waals surface area contributed by atoms with E-state index in [-0.39, 0.29) is 6.61 Å². The van der Waals surface area contributed by atoms with E-state index < -0.39 is 6.10 Å². The summed E-state index contributed by atoms with van der Waals surface area (Å²) >= 11 is 0. The highest BCUT2D eigenvalue weighted by Gasteiger charge is 2.26. The number of rotatable bonds is 5. The van der Waals surface area contributed by atoms with Crippen LogP contribution in [0, 0.1) is 27.7 Å². The molecule has 3 nitrogen and oxygen atoms in total. The van der Waals surface area contributed by atoms with Gasteiger partial charge in [-0.25, -0.2) is 0 Å². The van der Waals surface area contributed by atoms with Gasteiger partial charge >= 0.3 is 0 Å². The summed E-state index contributed by atoms with van der Waals surface area (Å²) in [5.41, 5.74) is 6.04. The Balaban J connectivity index is 2.19. The summed E-state index contributed by atoms with van der Waals surface area (Å²) in [6.07, 6.45) is 3.94. The van der Waals surface area contributed by atoms with Crippen molar-refractivity contribution in [2.45, 2.75) is 65.5 Å². The molecule has 1 saturated heterocycles. The number of benzene rings is 1. The van der Waals surface area contributed by atoms with Gasteiger partial charge in [-0.05, 0) is 81.3 Å². The number of piperidine rings is 1. The predicted octanol–water partition coefficient (Wildman–Crippen LogP) is 3.19. The lowest BCUT2D eigenvalue weighted by atomic mass is 9.90. The monoisotopic (exact) mass is 305 g/mol. The maximum Gasteiger partial charge on any atom is 0.0922 e. The Labute approximate surface area is 135 Å². The molecule has 1 aliphatic rings. The van der Waals surface area contributed by atoms with Gasteiger partial charge in [0.2, 0.25) is 0 Å². The Morgan fingerprint density at radius 2 is 1.77 bits per heavy atom. The van der Waals surface area contributed by atoms with E-state index in [9.17, 15) is 10.2 Å². The fraction of sp³-hybridized carbons (Fsp3) is 0.684. The minimum Gasteiger partial charge on any atom is -0.396 e. The molecule has 1 aromatic carbocycles. The van der Waals surface area contributed by atoms with Gasteiger partial charge < -0.3 is 10.2 Å². The van der Waals surface area contributed by atoms with E-state index in [1.807, 2.05) is 0 Å². The fourth-order valence-electron chi connectivity index (χ4n) is 3.84. The van der Waals surface area contributed by atoms with Crippen LogP contribution in [-0.2, 0) is 0 Å². The van der Waals surface area contributed by atoms with E-state index in [1.54, 1.807) is 0 Å². The summed E-state index contributed by atoms with van der Waals surface area (Å²) in [6, 6.07) is 2.62. The van der Waals surface area contributed by atoms with Crippen molar-refractivity contribution in [2.75, 3.05) is 19.7 Å². The molecule has 0 radical (unpaired) electrons. The van der Waals surface area contributed by atoms with Crippen molar-refractivity contribution in [3.8, 4) is 0 Å². The van der Waals surface area contributed by atoms with Crippen LogP contribution in [0.4, 0.5) is 0 Å². The van der Waals surface area contributed by atoms with Gasteiger partial charge in [-0.15, -0.1) is 0 Å². The van der Waals surface area contributed by atoms with Gasteiger partial charge in [-0.3, -0.25) is 4.90 Å². The van der Waals surface area contributed by atoms with Crippen molar-refractivity contribution in [1.82, 2.24) is 4.90 Å². The molecule has 0 aliphatic carbocycles. The number of hydrogen-bond acceptors (Lipinski definition) is 3. The highest BCUT2D eigenvalue weighted by Crippen LogP contribution is 2.30. The molecule has 3 heteroatoms. The van der Waals surface area contributed by atoms with Crippen LogP contribution in [0.25, 0.3) is 0 Å². The van der Waals surface area contributed by atoms with Crippen molar-refractivity contribution >= 4 is 0 Å². The minimum atomic E-state index is -0.446. The predicted molar refractivity (Wildman–Crippen MR) is 91.3 cm³/mol. The second kappa shape index (κ2) is 7.58. The summed E-state index contributed by atoms with van der Waals surface area (Å²) in [5.74, 6) is 0. The molecule has 2 unspecified atom stereocenters. The van der Waals surface area contributed by atoms with E-state index in [0.717, 1.165) is 24.9 Å². The topological polar surface area (TPSA) is 43.7 Å². The van der Waals surface area contributed by atoms with Crippen LogP contribution in [0.15, 0.2) is 6.07 Å². The van der Waals surface area contributed by atoms with Gasteiger partial charge in [0, 0.05) is 19.2 Å². The van der Waals surface area contributed by atoms with Crippen LogP contribution in [0.3, 0.4) is 0 Å². The molecular formula is C19H31NO2. The molecule has 0 bridgehead atoms. The van der Waals surface area contributed by atoms with Gasteiger partial charge in [-0.2, -0.15) is 0 Å². The smallest absolute Gasteiger partial charge is 0.0922 e. The van der Waals surface area contributed by atoms with Crippen LogP contribution in [0.1, 0.15) is 59.6 Å². The number of aliphatic hydroxyl groups is 2. The van der Waals surface area contributed by atoms with Crippen LogP contribution in [-0.4, -0.2) is 40.9 Å². The lowest BCUT2D eigenvalue weighted by Gasteiger charge is -2.37. The molecule has 1 aromatic rings. The quantitative estimate of drug-likeness (QED) is 0.878. The second-order valence-corrected chi connectivity index (χ2v) is 6.85. The number of β-amino-alcohol motifs (C(OH)–C–C–N with tert-alkyl or cyclic N) is 1. The third-order valence-corrected chi connectivity index (χ3v) is 5.38. The highest BCUT2D eigenvalue weighted by atomic mass is 16.3. The number of hydrogen-bond donors (Lipinski definition) is 2. The van der Waals surface area contributed by atoms with Gasteiger partial charge in [0.15, 0.2) is 0 Å². The van der Waals surface area contributed by atoms with E-state index in [0.29, 0.717) is 12.6 Å².